The monoisotopic (exact) mass is 349 g/mol. The van der Waals surface area contributed by atoms with Crippen molar-refractivity contribution in [3.63, 3.8) is 0 Å². The fourth-order valence-corrected chi connectivity index (χ4v) is 3.77. The van der Waals surface area contributed by atoms with Crippen molar-refractivity contribution in [1.29, 1.82) is 0 Å². The molecular formula is C19H34F3NO. The Balaban J connectivity index is 2.27. The van der Waals surface area contributed by atoms with Gasteiger partial charge in [-0.25, -0.2) is 0 Å². The molecule has 0 radical (unpaired) electrons. The average Bonchev–Trinajstić information content (AvgIpc) is 2.52. The quantitative estimate of drug-likeness (QED) is 0.428. The highest BCUT2D eigenvalue weighted by molar-refractivity contribution is 5.82. The van der Waals surface area contributed by atoms with Gasteiger partial charge in [-0.2, -0.15) is 13.2 Å². The maximum Gasteiger partial charge on any atom is 0.471 e. The lowest BCUT2D eigenvalue weighted by Gasteiger charge is -2.41. The van der Waals surface area contributed by atoms with E-state index in [0.29, 0.717) is 19.3 Å². The summed E-state index contributed by atoms with van der Waals surface area (Å²) in [6, 6.07) is -0.524. The maximum absolute atomic E-state index is 12.8. The van der Waals surface area contributed by atoms with E-state index < -0.39 is 12.1 Å². The summed E-state index contributed by atoms with van der Waals surface area (Å²) in [6.45, 7) is 3.95. The molecule has 0 aromatic rings. The number of halogens is 3. The van der Waals surface area contributed by atoms with Crippen LogP contribution in [0.4, 0.5) is 13.2 Å². The summed E-state index contributed by atoms with van der Waals surface area (Å²) in [5.41, 5.74) is 0. The minimum atomic E-state index is -4.75. The first-order valence-corrected chi connectivity index (χ1v) is 9.77. The highest BCUT2D eigenvalue weighted by Gasteiger charge is 2.46. The van der Waals surface area contributed by atoms with Crippen LogP contribution in [0.3, 0.4) is 0 Å². The van der Waals surface area contributed by atoms with Gasteiger partial charge >= 0.3 is 12.1 Å². The molecule has 0 bridgehead atoms. The minimum absolute atomic E-state index is 0.229. The van der Waals surface area contributed by atoms with Gasteiger partial charge in [0, 0.05) is 12.1 Å². The molecule has 2 nitrogen and oxygen atoms in total. The fraction of sp³-hybridized carbons (Fsp3) is 0.947. The number of unbranched alkanes of at least 4 members (excludes halogenated alkanes) is 8. The van der Waals surface area contributed by atoms with Gasteiger partial charge < -0.3 is 4.90 Å². The van der Waals surface area contributed by atoms with E-state index in [4.69, 9.17) is 0 Å². The number of carbonyl (C=O) groups is 1. The second-order valence-electron chi connectivity index (χ2n) is 7.26. The SMILES string of the molecule is CCCCCCCCCCC[C@H]1CCC[C@H](C)N1C(=O)C(F)(F)F. The van der Waals surface area contributed by atoms with Crippen LogP contribution in [-0.4, -0.2) is 29.1 Å². The van der Waals surface area contributed by atoms with Crippen molar-refractivity contribution >= 4 is 5.91 Å². The predicted octanol–water partition coefficient (Wildman–Crippen LogP) is 6.24. The van der Waals surface area contributed by atoms with Crippen molar-refractivity contribution in [3.8, 4) is 0 Å². The Labute approximate surface area is 145 Å². The van der Waals surface area contributed by atoms with Gasteiger partial charge in [-0.1, -0.05) is 64.7 Å². The van der Waals surface area contributed by atoms with Crippen LogP contribution in [0.15, 0.2) is 0 Å². The van der Waals surface area contributed by atoms with Gasteiger partial charge in [-0.05, 0) is 32.6 Å². The van der Waals surface area contributed by atoms with E-state index in [2.05, 4.69) is 6.92 Å². The molecule has 1 saturated heterocycles. The number of hydrogen-bond acceptors (Lipinski definition) is 1. The zero-order valence-corrected chi connectivity index (χ0v) is 15.3. The van der Waals surface area contributed by atoms with Gasteiger partial charge in [0.1, 0.15) is 0 Å². The number of nitrogens with zero attached hydrogens (tertiary/aromatic N) is 1. The first-order valence-electron chi connectivity index (χ1n) is 9.77. The highest BCUT2D eigenvalue weighted by Crippen LogP contribution is 2.31. The van der Waals surface area contributed by atoms with Crippen LogP contribution in [0, 0.1) is 0 Å². The molecule has 24 heavy (non-hydrogen) atoms. The van der Waals surface area contributed by atoms with Gasteiger partial charge in [-0.15, -0.1) is 0 Å². The molecule has 1 heterocycles. The van der Waals surface area contributed by atoms with E-state index >= 15 is 0 Å². The second kappa shape index (κ2) is 11.0. The van der Waals surface area contributed by atoms with Crippen molar-refractivity contribution in [1.82, 2.24) is 4.90 Å². The Morgan fingerprint density at radius 1 is 0.958 bits per heavy atom. The van der Waals surface area contributed by atoms with Crippen molar-refractivity contribution in [2.45, 2.75) is 116 Å². The van der Waals surface area contributed by atoms with E-state index in [1.807, 2.05) is 0 Å². The van der Waals surface area contributed by atoms with Crippen LogP contribution >= 0.6 is 0 Å². The lowest BCUT2D eigenvalue weighted by atomic mass is 9.92. The van der Waals surface area contributed by atoms with Crippen molar-refractivity contribution in [3.05, 3.63) is 0 Å². The van der Waals surface area contributed by atoms with E-state index in [1.165, 1.54) is 38.5 Å². The number of hydrogen-bond donors (Lipinski definition) is 0. The van der Waals surface area contributed by atoms with Crippen LogP contribution in [0.2, 0.25) is 0 Å². The summed E-state index contributed by atoms with van der Waals surface area (Å²) in [7, 11) is 0. The summed E-state index contributed by atoms with van der Waals surface area (Å²) in [5.74, 6) is -1.64. The Bertz CT molecular complexity index is 357. The lowest BCUT2D eigenvalue weighted by Crippen LogP contribution is -2.53. The maximum atomic E-state index is 12.8. The third kappa shape index (κ3) is 7.43. The van der Waals surface area contributed by atoms with E-state index in [-0.39, 0.29) is 12.1 Å². The molecule has 0 N–H and O–H groups in total. The van der Waals surface area contributed by atoms with Crippen molar-refractivity contribution in [2.24, 2.45) is 0 Å². The zero-order valence-electron chi connectivity index (χ0n) is 15.3. The molecule has 5 heteroatoms. The molecule has 1 fully saturated rings. The summed E-state index contributed by atoms with van der Waals surface area (Å²) in [6.07, 6.45) is 9.06. The lowest BCUT2D eigenvalue weighted by molar-refractivity contribution is -0.192. The Morgan fingerprint density at radius 2 is 1.50 bits per heavy atom. The van der Waals surface area contributed by atoms with Crippen LogP contribution < -0.4 is 0 Å². The molecule has 0 spiro atoms. The second-order valence-corrected chi connectivity index (χ2v) is 7.26. The van der Waals surface area contributed by atoms with E-state index in [1.54, 1.807) is 6.92 Å². The summed E-state index contributed by atoms with van der Waals surface area (Å²) < 4.78 is 38.4. The molecule has 1 rings (SSSR count). The van der Waals surface area contributed by atoms with Gasteiger partial charge in [0.2, 0.25) is 0 Å². The molecule has 1 aliphatic rings. The third-order valence-electron chi connectivity index (χ3n) is 5.15. The number of alkyl halides is 3. The molecule has 142 valence electrons. The molecule has 0 saturated carbocycles. The Kier molecular flexibility index (Phi) is 9.75. The van der Waals surface area contributed by atoms with Crippen LogP contribution in [0.5, 0.6) is 0 Å². The van der Waals surface area contributed by atoms with Crippen molar-refractivity contribution < 1.29 is 18.0 Å². The summed E-state index contributed by atoms with van der Waals surface area (Å²) >= 11 is 0. The molecular weight excluding hydrogens is 315 g/mol. The number of amides is 1. The smallest absolute Gasteiger partial charge is 0.329 e. The molecule has 0 unspecified atom stereocenters. The first-order chi connectivity index (χ1) is 11.4. The first kappa shape index (κ1) is 21.3. The number of likely N-dealkylation sites (tertiary alicyclic amines) is 1. The van der Waals surface area contributed by atoms with Gasteiger partial charge in [0.15, 0.2) is 0 Å². The van der Waals surface area contributed by atoms with E-state index in [9.17, 15) is 18.0 Å². The van der Waals surface area contributed by atoms with Gasteiger partial charge in [0.25, 0.3) is 0 Å². The molecule has 0 aromatic carbocycles. The number of carbonyl (C=O) groups excluding carboxylic acids is 1. The largest absolute Gasteiger partial charge is 0.471 e. The van der Waals surface area contributed by atoms with Gasteiger partial charge in [0.05, 0.1) is 0 Å². The van der Waals surface area contributed by atoms with E-state index in [0.717, 1.165) is 30.6 Å². The summed E-state index contributed by atoms with van der Waals surface area (Å²) in [4.78, 5) is 12.8. The third-order valence-corrected chi connectivity index (χ3v) is 5.15. The van der Waals surface area contributed by atoms with Crippen LogP contribution in [0.25, 0.3) is 0 Å². The van der Waals surface area contributed by atoms with Gasteiger partial charge in [-0.3, -0.25) is 4.79 Å². The molecule has 2 atom stereocenters. The molecule has 0 aliphatic carbocycles. The zero-order chi connectivity index (χ0) is 18.0. The predicted molar refractivity (Wildman–Crippen MR) is 91.8 cm³/mol. The minimum Gasteiger partial charge on any atom is -0.329 e. The Morgan fingerprint density at radius 3 is 2.04 bits per heavy atom. The standard InChI is InChI=1S/C19H34F3NO/c1-3-4-5-6-7-8-9-10-11-14-17-15-12-13-16(2)23(17)18(24)19(20,21)22/h16-17H,3-15H2,1-2H3/t16-,17-/m0/s1. The topological polar surface area (TPSA) is 20.3 Å². The molecule has 1 aliphatic heterocycles. The van der Waals surface area contributed by atoms with Crippen molar-refractivity contribution in [2.75, 3.05) is 0 Å². The number of piperidine rings is 1. The molecule has 1 amide bonds. The van der Waals surface area contributed by atoms with Crippen LogP contribution in [0.1, 0.15) is 97.3 Å². The average molecular weight is 349 g/mol. The number of rotatable bonds is 10. The normalized spacial score (nSPS) is 22.0. The highest BCUT2D eigenvalue weighted by atomic mass is 19.4. The molecule has 0 aromatic heterocycles. The summed E-state index contributed by atoms with van der Waals surface area (Å²) in [5, 5.41) is 0. The van der Waals surface area contributed by atoms with Crippen LogP contribution in [-0.2, 0) is 4.79 Å². The fourth-order valence-electron chi connectivity index (χ4n) is 3.77. The Hall–Kier alpha value is -0.740.